The SMILES string of the molecule is O=C(Cn1cccnc1=O)NC1(C(=O)O)CCOC1. The first-order valence-electron chi connectivity index (χ1n) is 5.67. The zero-order valence-electron chi connectivity index (χ0n) is 10.0. The molecule has 1 amide bonds. The van der Waals surface area contributed by atoms with E-state index in [4.69, 9.17) is 9.84 Å². The molecule has 1 fully saturated rings. The van der Waals surface area contributed by atoms with Gasteiger partial charge in [0, 0.05) is 25.4 Å². The third kappa shape index (κ3) is 2.79. The van der Waals surface area contributed by atoms with Crippen LogP contribution in [0.25, 0.3) is 0 Å². The van der Waals surface area contributed by atoms with Crippen molar-refractivity contribution in [1.82, 2.24) is 14.9 Å². The monoisotopic (exact) mass is 267 g/mol. The molecule has 8 heteroatoms. The molecule has 0 aromatic carbocycles. The van der Waals surface area contributed by atoms with Gasteiger partial charge in [-0.3, -0.25) is 9.36 Å². The smallest absolute Gasteiger partial charge is 0.347 e. The Balaban J connectivity index is 2.07. The molecule has 0 radical (unpaired) electrons. The first-order chi connectivity index (χ1) is 9.03. The van der Waals surface area contributed by atoms with E-state index in [1.807, 2.05) is 0 Å². The number of aromatic nitrogens is 2. The Kier molecular flexibility index (Phi) is 3.61. The molecular formula is C11H13N3O5. The minimum Gasteiger partial charge on any atom is -0.479 e. The summed E-state index contributed by atoms with van der Waals surface area (Å²) < 4.78 is 6.12. The number of carboxylic acid groups (broad SMARTS) is 1. The number of amides is 1. The highest BCUT2D eigenvalue weighted by Gasteiger charge is 2.43. The number of carbonyl (C=O) groups is 2. The molecule has 0 spiro atoms. The van der Waals surface area contributed by atoms with Crippen LogP contribution < -0.4 is 11.0 Å². The normalized spacial score (nSPS) is 22.1. The van der Waals surface area contributed by atoms with Gasteiger partial charge in [0.25, 0.3) is 0 Å². The third-order valence-corrected chi connectivity index (χ3v) is 2.91. The standard InChI is InChI=1S/C11H13N3O5/c15-8(6-14-4-1-3-12-10(14)18)13-11(9(16)17)2-5-19-7-11/h1,3-4H,2,5-7H2,(H,13,15)(H,16,17). The number of nitrogens with one attached hydrogen (secondary N) is 1. The Morgan fingerprint density at radius 3 is 2.95 bits per heavy atom. The average molecular weight is 267 g/mol. The van der Waals surface area contributed by atoms with Crippen LogP contribution in [0.5, 0.6) is 0 Å². The zero-order valence-corrected chi connectivity index (χ0v) is 10.0. The van der Waals surface area contributed by atoms with Crippen LogP contribution in [-0.4, -0.2) is 45.3 Å². The lowest BCUT2D eigenvalue weighted by molar-refractivity contribution is -0.147. The number of rotatable bonds is 4. The Labute approximate surface area is 108 Å². The van der Waals surface area contributed by atoms with Crippen molar-refractivity contribution in [2.24, 2.45) is 0 Å². The minimum atomic E-state index is -1.40. The number of aliphatic carboxylic acids is 1. The second-order valence-corrected chi connectivity index (χ2v) is 4.27. The van der Waals surface area contributed by atoms with Gasteiger partial charge in [0.15, 0.2) is 5.54 Å². The molecule has 1 aromatic rings. The second kappa shape index (κ2) is 5.19. The van der Waals surface area contributed by atoms with Crippen molar-refractivity contribution in [1.29, 1.82) is 0 Å². The first-order valence-corrected chi connectivity index (χ1v) is 5.67. The van der Waals surface area contributed by atoms with Gasteiger partial charge in [-0.1, -0.05) is 0 Å². The van der Waals surface area contributed by atoms with Crippen molar-refractivity contribution in [2.45, 2.75) is 18.5 Å². The Morgan fingerprint density at radius 1 is 1.58 bits per heavy atom. The number of hydrogen-bond donors (Lipinski definition) is 2. The summed E-state index contributed by atoms with van der Waals surface area (Å²) in [6.45, 7) is -0.0723. The van der Waals surface area contributed by atoms with Crippen LogP contribution in [0, 0.1) is 0 Å². The molecule has 102 valence electrons. The molecule has 0 bridgehead atoms. The number of carboxylic acids is 1. The van der Waals surface area contributed by atoms with Crippen LogP contribution in [0.15, 0.2) is 23.3 Å². The van der Waals surface area contributed by atoms with Gasteiger partial charge in [-0.2, -0.15) is 0 Å². The van der Waals surface area contributed by atoms with Crippen LogP contribution in [-0.2, 0) is 20.9 Å². The molecule has 1 aliphatic rings. The van der Waals surface area contributed by atoms with E-state index in [1.165, 1.54) is 18.5 Å². The van der Waals surface area contributed by atoms with Gasteiger partial charge in [0.2, 0.25) is 5.91 Å². The largest absolute Gasteiger partial charge is 0.479 e. The predicted octanol–water partition coefficient (Wildman–Crippen LogP) is -1.40. The van der Waals surface area contributed by atoms with E-state index < -0.39 is 23.1 Å². The van der Waals surface area contributed by atoms with Gasteiger partial charge in [-0.05, 0) is 6.07 Å². The summed E-state index contributed by atoms with van der Waals surface area (Å²) in [6.07, 6.45) is 2.93. The fourth-order valence-electron chi connectivity index (χ4n) is 1.85. The van der Waals surface area contributed by atoms with Crippen LogP contribution in [0.3, 0.4) is 0 Å². The lowest BCUT2D eigenvalue weighted by Crippen LogP contribution is -2.56. The van der Waals surface area contributed by atoms with E-state index in [2.05, 4.69) is 10.3 Å². The van der Waals surface area contributed by atoms with Crippen LogP contribution in [0.2, 0.25) is 0 Å². The van der Waals surface area contributed by atoms with Crippen LogP contribution >= 0.6 is 0 Å². The summed E-state index contributed by atoms with van der Waals surface area (Å²) >= 11 is 0. The molecule has 1 saturated heterocycles. The average Bonchev–Trinajstić information content (AvgIpc) is 2.82. The maximum Gasteiger partial charge on any atom is 0.347 e. The van der Waals surface area contributed by atoms with Gasteiger partial charge in [-0.25, -0.2) is 14.6 Å². The van der Waals surface area contributed by atoms with Crippen molar-refractivity contribution < 1.29 is 19.4 Å². The summed E-state index contributed by atoms with van der Waals surface area (Å²) in [6, 6.07) is 1.51. The molecule has 2 N–H and O–H groups in total. The highest BCUT2D eigenvalue weighted by molar-refractivity contribution is 5.87. The maximum atomic E-state index is 11.8. The Bertz CT molecular complexity index is 547. The van der Waals surface area contributed by atoms with Gasteiger partial charge in [0.1, 0.15) is 6.54 Å². The first kappa shape index (κ1) is 13.2. The third-order valence-electron chi connectivity index (χ3n) is 2.91. The van der Waals surface area contributed by atoms with Gasteiger partial charge < -0.3 is 15.2 Å². The molecule has 2 rings (SSSR count). The summed E-state index contributed by atoms with van der Waals surface area (Å²) in [4.78, 5) is 37.9. The summed E-state index contributed by atoms with van der Waals surface area (Å²) in [5.74, 6) is -1.71. The molecule has 8 nitrogen and oxygen atoms in total. The molecule has 1 atom stereocenters. The van der Waals surface area contributed by atoms with Crippen LogP contribution in [0.4, 0.5) is 0 Å². The molecule has 1 aromatic heterocycles. The van der Waals surface area contributed by atoms with Gasteiger partial charge in [0.05, 0.1) is 6.61 Å². The highest BCUT2D eigenvalue weighted by Crippen LogP contribution is 2.18. The van der Waals surface area contributed by atoms with E-state index in [0.717, 1.165) is 4.57 Å². The molecule has 0 aliphatic carbocycles. The summed E-state index contributed by atoms with van der Waals surface area (Å²) in [7, 11) is 0. The quantitative estimate of drug-likeness (QED) is 0.694. The number of hydrogen-bond acceptors (Lipinski definition) is 5. The van der Waals surface area contributed by atoms with E-state index in [0.29, 0.717) is 0 Å². The van der Waals surface area contributed by atoms with E-state index >= 15 is 0 Å². The zero-order chi connectivity index (χ0) is 13.9. The van der Waals surface area contributed by atoms with Crippen molar-refractivity contribution >= 4 is 11.9 Å². The van der Waals surface area contributed by atoms with E-state index in [9.17, 15) is 14.4 Å². The lowest BCUT2D eigenvalue weighted by atomic mass is 9.99. The molecule has 2 heterocycles. The minimum absolute atomic E-state index is 0.0734. The molecule has 1 unspecified atom stereocenters. The highest BCUT2D eigenvalue weighted by atomic mass is 16.5. The lowest BCUT2D eigenvalue weighted by Gasteiger charge is -2.23. The Hall–Kier alpha value is -2.22. The number of ether oxygens (including phenoxy) is 1. The summed E-state index contributed by atoms with van der Waals surface area (Å²) in [5.41, 5.74) is -1.96. The van der Waals surface area contributed by atoms with Gasteiger partial charge in [-0.15, -0.1) is 0 Å². The molecule has 19 heavy (non-hydrogen) atoms. The number of carbonyl (C=O) groups excluding carboxylic acids is 1. The number of nitrogens with zero attached hydrogens (tertiary/aromatic N) is 2. The predicted molar refractivity (Wildman–Crippen MR) is 62.4 cm³/mol. The molecular weight excluding hydrogens is 254 g/mol. The van der Waals surface area contributed by atoms with Crippen molar-refractivity contribution in [3.8, 4) is 0 Å². The second-order valence-electron chi connectivity index (χ2n) is 4.27. The van der Waals surface area contributed by atoms with Gasteiger partial charge >= 0.3 is 11.7 Å². The van der Waals surface area contributed by atoms with E-state index in [-0.39, 0.29) is 26.2 Å². The fourth-order valence-corrected chi connectivity index (χ4v) is 1.85. The van der Waals surface area contributed by atoms with Crippen molar-refractivity contribution in [3.63, 3.8) is 0 Å². The van der Waals surface area contributed by atoms with Crippen molar-refractivity contribution in [2.75, 3.05) is 13.2 Å². The summed E-state index contributed by atoms with van der Waals surface area (Å²) in [5, 5.41) is 11.6. The van der Waals surface area contributed by atoms with E-state index in [1.54, 1.807) is 0 Å². The van der Waals surface area contributed by atoms with Crippen molar-refractivity contribution in [3.05, 3.63) is 28.9 Å². The Morgan fingerprint density at radius 2 is 2.37 bits per heavy atom. The topological polar surface area (TPSA) is 111 Å². The fraction of sp³-hybridized carbons (Fsp3) is 0.455. The molecule has 1 aliphatic heterocycles. The molecule has 0 saturated carbocycles. The van der Waals surface area contributed by atoms with Crippen LogP contribution in [0.1, 0.15) is 6.42 Å². The maximum absolute atomic E-state index is 11.8.